The molecule has 0 spiro atoms. The zero-order valence-corrected chi connectivity index (χ0v) is 6.72. The maximum absolute atomic E-state index is 10.8. The van der Waals surface area contributed by atoms with Crippen LogP contribution in [0.5, 0.6) is 0 Å². The van der Waals surface area contributed by atoms with Crippen molar-refractivity contribution in [3.8, 4) is 0 Å². The van der Waals surface area contributed by atoms with E-state index in [1.165, 1.54) is 0 Å². The van der Waals surface area contributed by atoms with Crippen LogP contribution in [-0.2, 0) is 9.53 Å². The minimum atomic E-state index is 0.0838. The highest BCUT2D eigenvalue weighted by Crippen LogP contribution is 2.04. The molecule has 1 unspecified atom stereocenters. The minimum absolute atomic E-state index is 0.0838. The number of carbonyl (C=O) groups is 1. The maximum atomic E-state index is 10.8. The average Bonchev–Trinajstić information content (AvgIpc) is 2.52. The number of carbonyl (C=O) groups excluding carboxylic acids is 1. The molecule has 1 heterocycles. The first-order valence-corrected chi connectivity index (χ1v) is 3.86. The van der Waals surface area contributed by atoms with Crippen LogP contribution in [0.25, 0.3) is 0 Å². The Balaban J connectivity index is 2.06. The number of hydrogen-bond donors (Lipinski definition) is 2. The van der Waals surface area contributed by atoms with Gasteiger partial charge in [-0.25, -0.2) is 0 Å². The van der Waals surface area contributed by atoms with Crippen LogP contribution in [0.1, 0.15) is 12.8 Å². The lowest BCUT2D eigenvalue weighted by molar-refractivity contribution is -0.121. The third-order valence-electron chi connectivity index (χ3n) is 1.77. The molecule has 1 aliphatic rings. The first-order valence-electron chi connectivity index (χ1n) is 3.86. The van der Waals surface area contributed by atoms with E-state index in [2.05, 4.69) is 10.6 Å². The van der Waals surface area contributed by atoms with Crippen LogP contribution in [0.2, 0.25) is 0 Å². The van der Waals surface area contributed by atoms with Gasteiger partial charge in [0.05, 0.1) is 12.8 Å². The van der Waals surface area contributed by atoms with E-state index >= 15 is 0 Å². The summed E-state index contributed by atoms with van der Waals surface area (Å²) in [5.74, 6) is 0.0838. The van der Waals surface area contributed by atoms with Crippen molar-refractivity contribution < 1.29 is 9.53 Å². The van der Waals surface area contributed by atoms with Crippen molar-refractivity contribution in [1.29, 1.82) is 0 Å². The van der Waals surface area contributed by atoms with Crippen molar-refractivity contribution in [2.24, 2.45) is 0 Å². The summed E-state index contributed by atoms with van der Waals surface area (Å²) in [5.41, 5.74) is 0. The Morgan fingerprint density at radius 1 is 1.82 bits per heavy atom. The number of amides is 1. The summed E-state index contributed by atoms with van der Waals surface area (Å²) in [7, 11) is 1.65. The summed E-state index contributed by atoms with van der Waals surface area (Å²) < 4.78 is 5.26. The summed E-state index contributed by atoms with van der Waals surface area (Å²) in [5, 5.41) is 5.63. The van der Waals surface area contributed by atoms with Crippen molar-refractivity contribution in [2.75, 3.05) is 20.3 Å². The van der Waals surface area contributed by atoms with Crippen LogP contribution in [0.4, 0.5) is 0 Å². The molecule has 64 valence electrons. The molecule has 1 aliphatic heterocycles. The van der Waals surface area contributed by atoms with Crippen LogP contribution in [0.3, 0.4) is 0 Å². The normalized spacial score (nSPS) is 23.5. The van der Waals surface area contributed by atoms with Gasteiger partial charge in [0.25, 0.3) is 0 Å². The van der Waals surface area contributed by atoms with Crippen molar-refractivity contribution in [2.45, 2.75) is 18.9 Å². The fourth-order valence-corrected chi connectivity index (χ4v) is 1.06. The van der Waals surface area contributed by atoms with Crippen LogP contribution in [-0.4, -0.2) is 32.3 Å². The monoisotopic (exact) mass is 158 g/mol. The van der Waals surface area contributed by atoms with Crippen molar-refractivity contribution in [1.82, 2.24) is 10.6 Å². The van der Waals surface area contributed by atoms with Crippen molar-refractivity contribution in [3.63, 3.8) is 0 Å². The van der Waals surface area contributed by atoms with Crippen LogP contribution >= 0.6 is 0 Å². The van der Waals surface area contributed by atoms with Gasteiger partial charge in [0.1, 0.15) is 0 Å². The molecule has 0 radical (unpaired) electrons. The van der Waals surface area contributed by atoms with E-state index in [1.54, 1.807) is 7.05 Å². The quantitative estimate of drug-likeness (QED) is 0.580. The highest BCUT2D eigenvalue weighted by Gasteiger charge is 2.15. The van der Waals surface area contributed by atoms with Crippen molar-refractivity contribution >= 4 is 5.91 Å². The molecule has 2 N–H and O–H groups in total. The summed E-state index contributed by atoms with van der Waals surface area (Å²) in [6.07, 6.45) is 1.60. The van der Waals surface area contributed by atoms with Gasteiger partial charge in [-0.15, -0.1) is 0 Å². The lowest BCUT2D eigenvalue weighted by Crippen LogP contribution is -2.21. The Bertz CT molecular complexity index is 132. The van der Waals surface area contributed by atoms with E-state index in [0.29, 0.717) is 13.2 Å². The Morgan fingerprint density at radius 2 is 2.64 bits per heavy atom. The first-order chi connectivity index (χ1) is 5.33. The molecule has 1 amide bonds. The van der Waals surface area contributed by atoms with Gasteiger partial charge in [0.2, 0.25) is 5.91 Å². The topological polar surface area (TPSA) is 50.4 Å². The Hall–Kier alpha value is -0.610. The SMILES string of the molecule is CNC(=O)CCC1CNCO1. The molecule has 1 rings (SSSR count). The van der Waals surface area contributed by atoms with E-state index in [0.717, 1.165) is 13.0 Å². The molecule has 4 heteroatoms. The lowest BCUT2D eigenvalue weighted by atomic mass is 10.2. The molecule has 1 saturated heterocycles. The average molecular weight is 158 g/mol. The van der Waals surface area contributed by atoms with E-state index in [1.807, 2.05) is 0 Å². The Kier molecular flexibility index (Phi) is 3.32. The predicted molar refractivity (Wildman–Crippen MR) is 41.0 cm³/mol. The fourth-order valence-electron chi connectivity index (χ4n) is 1.06. The minimum Gasteiger partial charge on any atom is -0.362 e. The molecule has 0 aromatic rings. The van der Waals surface area contributed by atoms with Crippen LogP contribution < -0.4 is 10.6 Å². The zero-order chi connectivity index (χ0) is 8.10. The highest BCUT2D eigenvalue weighted by atomic mass is 16.5. The fraction of sp³-hybridized carbons (Fsp3) is 0.857. The van der Waals surface area contributed by atoms with Crippen LogP contribution in [0.15, 0.2) is 0 Å². The molecule has 11 heavy (non-hydrogen) atoms. The summed E-state index contributed by atoms with van der Waals surface area (Å²) in [6.45, 7) is 1.50. The maximum Gasteiger partial charge on any atom is 0.219 e. The van der Waals surface area contributed by atoms with Gasteiger partial charge >= 0.3 is 0 Å². The molecule has 0 aromatic carbocycles. The van der Waals surface area contributed by atoms with Gasteiger partial charge in [-0.1, -0.05) is 0 Å². The van der Waals surface area contributed by atoms with Gasteiger partial charge < -0.3 is 10.1 Å². The van der Waals surface area contributed by atoms with Gasteiger partial charge in [0.15, 0.2) is 0 Å². The number of ether oxygens (including phenoxy) is 1. The van der Waals surface area contributed by atoms with Crippen LogP contribution in [0, 0.1) is 0 Å². The second-order valence-corrected chi connectivity index (χ2v) is 2.60. The van der Waals surface area contributed by atoms with E-state index < -0.39 is 0 Å². The standard InChI is InChI=1S/C7H14N2O2/c1-8-7(10)3-2-6-4-9-5-11-6/h6,9H,2-5H2,1H3,(H,8,10). The first kappa shape index (κ1) is 8.49. The highest BCUT2D eigenvalue weighted by molar-refractivity contribution is 5.75. The number of rotatable bonds is 3. The van der Waals surface area contributed by atoms with Gasteiger partial charge in [-0.3, -0.25) is 10.1 Å². The van der Waals surface area contributed by atoms with Gasteiger partial charge in [-0.05, 0) is 6.42 Å². The second kappa shape index (κ2) is 4.31. The molecule has 1 fully saturated rings. The molecule has 1 atom stereocenters. The summed E-state index contributed by atoms with van der Waals surface area (Å²) in [4.78, 5) is 10.8. The Morgan fingerprint density at radius 3 is 3.18 bits per heavy atom. The zero-order valence-electron chi connectivity index (χ0n) is 6.72. The molecule has 0 bridgehead atoms. The largest absolute Gasteiger partial charge is 0.362 e. The van der Waals surface area contributed by atoms with E-state index in [-0.39, 0.29) is 12.0 Å². The van der Waals surface area contributed by atoms with E-state index in [4.69, 9.17) is 4.74 Å². The van der Waals surface area contributed by atoms with E-state index in [9.17, 15) is 4.79 Å². The molecule has 0 saturated carbocycles. The second-order valence-electron chi connectivity index (χ2n) is 2.60. The molecule has 0 aromatic heterocycles. The summed E-state index contributed by atoms with van der Waals surface area (Å²) >= 11 is 0. The number of hydrogen-bond acceptors (Lipinski definition) is 3. The lowest BCUT2D eigenvalue weighted by Gasteiger charge is -2.05. The smallest absolute Gasteiger partial charge is 0.219 e. The van der Waals surface area contributed by atoms with Gasteiger partial charge in [-0.2, -0.15) is 0 Å². The molecule has 4 nitrogen and oxygen atoms in total. The third kappa shape index (κ3) is 2.86. The number of nitrogens with one attached hydrogen (secondary N) is 2. The predicted octanol–water partition coefficient (Wildman–Crippen LogP) is -0.542. The molecule has 0 aliphatic carbocycles. The Labute approximate surface area is 66.3 Å². The summed E-state index contributed by atoms with van der Waals surface area (Å²) in [6, 6.07) is 0. The molecular weight excluding hydrogens is 144 g/mol. The van der Waals surface area contributed by atoms with Gasteiger partial charge in [0, 0.05) is 20.0 Å². The van der Waals surface area contributed by atoms with Crippen molar-refractivity contribution in [3.05, 3.63) is 0 Å². The third-order valence-corrected chi connectivity index (χ3v) is 1.77. The molecular formula is C7H14N2O2.